The van der Waals surface area contributed by atoms with Crippen LogP contribution < -0.4 is 20.7 Å². The van der Waals surface area contributed by atoms with Crippen LogP contribution in [0, 0.1) is 0 Å². The summed E-state index contributed by atoms with van der Waals surface area (Å²) in [5.41, 5.74) is 3.82. The Labute approximate surface area is 107 Å². The standard InChI is InChI=1S/C13H20N2O3/c1-16-9-5-6-10(12(8-9)17-2)13(15-14)11-4-3-7-18-11/h5-6,8,11,13,15H,3-4,7,14H2,1-2H3. The van der Waals surface area contributed by atoms with E-state index in [1.54, 1.807) is 14.2 Å². The summed E-state index contributed by atoms with van der Waals surface area (Å²) >= 11 is 0. The van der Waals surface area contributed by atoms with E-state index in [9.17, 15) is 0 Å². The van der Waals surface area contributed by atoms with Crippen molar-refractivity contribution in [2.45, 2.75) is 25.0 Å². The minimum absolute atomic E-state index is 0.0617. The highest BCUT2D eigenvalue weighted by Gasteiger charge is 2.28. The molecule has 0 spiro atoms. The Hall–Kier alpha value is -1.30. The monoisotopic (exact) mass is 252 g/mol. The number of nitrogens with one attached hydrogen (secondary N) is 1. The van der Waals surface area contributed by atoms with Crippen molar-refractivity contribution in [1.82, 2.24) is 5.43 Å². The maximum atomic E-state index is 5.69. The Bertz CT molecular complexity index is 392. The van der Waals surface area contributed by atoms with E-state index in [2.05, 4.69) is 5.43 Å². The third-order valence-corrected chi connectivity index (χ3v) is 3.29. The van der Waals surface area contributed by atoms with Crippen molar-refractivity contribution < 1.29 is 14.2 Å². The molecule has 18 heavy (non-hydrogen) atoms. The number of hydrazine groups is 1. The molecule has 0 saturated carbocycles. The molecule has 1 fully saturated rings. The van der Waals surface area contributed by atoms with Crippen LogP contribution in [0.25, 0.3) is 0 Å². The molecule has 2 atom stereocenters. The zero-order valence-electron chi connectivity index (χ0n) is 10.8. The quantitative estimate of drug-likeness (QED) is 0.612. The lowest BCUT2D eigenvalue weighted by molar-refractivity contribution is 0.0775. The summed E-state index contributed by atoms with van der Waals surface area (Å²) in [7, 11) is 3.27. The van der Waals surface area contributed by atoms with Crippen LogP contribution in [0.1, 0.15) is 24.4 Å². The summed E-state index contributed by atoms with van der Waals surface area (Å²) in [6.45, 7) is 0.793. The first-order chi connectivity index (χ1) is 8.80. The second-order valence-corrected chi connectivity index (χ2v) is 4.30. The van der Waals surface area contributed by atoms with Crippen LogP contribution in [0.15, 0.2) is 18.2 Å². The molecule has 5 nitrogen and oxygen atoms in total. The van der Waals surface area contributed by atoms with Gasteiger partial charge in [-0.15, -0.1) is 0 Å². The molecule has 1 aromatic rings. The predicted molar refractivity (Wildman–Crippen MR) is 68.6 cm³/mol. The van der Waals surface area contributed by atoms with E-state index >= 15 is 0 Å². The van der Waals surface area contributed by atoms with Crippen molar-refractivity contribution in [2.75, 3.05) is 20.8 Å². The van der Waals surface area contributed by atoms with Gasteiger partial charge in [0, 0.05) is 18.2 Å². The summed E-state index contributed by atoms with van der Waals surface area (Å²) in [6, 6.07) is 5.66. The predicted octanol–water partition coefficient (Wildman–Crippen LogP) is 1.39. The molecule has 1 saturated heterocycles. The second kappa shape index (κ2) is 6.04. The van der Waals surface area contributed by atoms with Crippen LogP contribution >= 0.6 is 0 Å². The topological polar surface area (TPSA) is 65.7 Å². The van der Waals surface area contributed by atoms with Gasteiger partial charge < -0.3 is 14.2 Å². The average Bonchev–Trinajstić information content (AvgIpc) is 2.94. The zero-order valence-corrected chi connectivity index (χ0v) is 10.8. The lowest BCUT2D eigenvalue weighted by atomic mass is 9.99. The van der Waals surface area contributed by atoms with Crippen LogP contribution in [-0.4, -0.2) is 26.9 Å². The number of ether oxygens (including phenoxy) is 3. The van der Waals surface area contributed by atoms with E-state index in [1.807, 2.05) is 18.2 Å². The molecule has 0 aliphatic carbocycles. The highest BCUT2D eigenvalue weighted by atomic mass is 16.5. The normalized spacial score (nSPS) is 20.7. The van der Waals surface area contributed by atoms with Gasteiger partial charge in [0.05, 0.1) is 26.4 Å². The maximum Gasteiger partial charge on any atom is 0.127 e. The third-order valence-electron chi connectivity index (χ3n) is 3.29. The zero-order chi connectivity index (χ0) is 13.0. The molecule has 100 valence electrons. The molecule has 1 aliphatic rings. The lowest BCUT2D eigenvalue weighted by Crippen LogP contribution is -2.36. The Morgan fingerprint density at radius 2 is 2.22 bits per heavy atom. The number of benzene rings is 1. The molecule has 1 heterocycles. The van der Waals surface area contributed by atoms with Crippen LogP contribution in [0.4, 0.5) is 0 Å². The van der Waals surface area contributed by atoms with Crippen molar-refractivity contribution >= 4 is 0 Å². The first-order valence-corrected chi connectivity index (χ1v) is 6.09. The van der Waals surface area contributed by atoms with Gasteiger partial charge in [0.2, 0.25) is 0 Å². The third kappa shape index (κ3) is 2.58. The molecule has 2 unspecified atom stereocenters. The minimum Gasteiger partial charge on any atom is -0.497 e. The van der Waals surface area contributed by atoms with Gasteiger partial charge >= 0.3 is 0 Å². The number of rotatable bonds is 5. The Morgan fingerprint density at radius 1 is 1.39 bits per heavy atom. The van der Waals surface area contributed by atoms with Gasteiger partial charge in [-0.3, -0.25) is 11.3 Å². The van der Waals surface area contributed by atoms with Crippen LogP contribution in [0.3, 0.4) is 0 Å². The van der Waals surface area contributed by atoms with Crippen molar-refractivity contribution in [1.29, 1.82) is 0 Å². The first kappa shape index (κ1) is 13.1. The van der Waals surface area contributed by atoms with E-state index in [-0.39, 0.29) is 12.1 Å². The van der Waals surface area contributed by atoms with Crippen LogP contribution in [0.2, 0.25) is 0 Å². The molecular weight excluding hydrogens is 232 g/mol. The highest BCUT2D eigenvalue weighted by molar-refractivity contribution is 5.43. The number of hydrogen-bond acceptors (Lipinski definition) is 5. The molecule has 3 N–H and O–H groups in total. The SMILES string of the molecule is COc1ccc(C(NN)C2CCCO2)c(OC)c1. The summed E-state index contributed by atoms with van der Waals surface area (Å²) in [5, 5.41) is 0. The highest BCUT2D eigenvalue weighted by Crippen LogP contribution is 2.34. The largest absolute Gasteiger partial charge is 0.497 e. The molecule has 0 aromatic heterocycles. The molecule has 0 radical (unpaired) electrons. The van der Waals surface area contributed by atoms with E-state index < -0.39 is 0 Å². The smallest absolute Gasteiger partial charge is 0.127 e. The Kier molecular flexibility index (Phi) is 4.41. The van der Waals surface area contributed by atoms with Crippen molar-refractivity contribution in [3.63, 3.8) is 0 Å². The average molecular weight is 252 g/mol. The molecular formula is C13H20N2O3. The molecule has 1 aromatic carbocycles. The van der Waals surface area contributed by atoms with Gasteiger partial charge in [-0.2, -0.15) is 0 Å². The lowest BCUT2D eigenvalue weighted by Gasteiger charge is -2.24. The number of methoxy groups -OCH3 is 2. The van der Waals surface area contributed by atoms with E-state index in [0.29, 0.717) is 0 Å². The maximum absolute atomic E-state index is 5.69. The van der Waals surface area contributed by atoms with Crippen molar-refractivity contribution in [3.8, 4) is 11.5 Å². The second-order valence-electron chi connectivity index (χ2n) is 4.30. The Morgan fingerprint density at radius 3 is 2.78 bits per heavy atom. The molecule has 1 aliphatic heterocycles. The first-order valence-electron chi connectivity index (χ1n) is 6.09. The van der Waals surface area contributed by atoms with Gasteiger partial charge in [0.1, 0.15) is 11.5 Å². The fourth-order valence-electron chi connectivity index (χ4n) is 2.34. The van der Waals surface area contributed by atoms with Gasteiger partial charge in [-0.1, -0.05) is 0 Å². The molecule has 2 rings (SSSR count). The number of nitrogens with two attached hydrogens (primary N) is 1. The summed E-state index contributed by atoms with van der Waals surface area (Å²) in [5.74, 6) is 7.18. The van der Waals surface area contributed by atoms with Crippen LogP contribution in [0.5, 0.6) is 11.5 Å². The Balaban J connectivity index is 2.28. The summed E-state index contributed by atoms with van der Waals surface area (Å²) in [4.78, 5) is 0. The summed E-state index contributed by atoms with van der Waals surface area (Å²) < 4.78 is 16.3. The van der Waals surface area contributed by atoms with Gasteiger partial charge in [0.15, 0.2) is 0 Å². The van der Waals surface area contributed by atoms with Crippen molar-refractivity contribution in [2.24, 2.45) is 5.84 Å². The molecule has 5 heteroatoms. The summed E-state index contributed by atoms with van der Waals surface area (Å²) in [6.07, 6.45) is 2.17. The molecule has 0 amide bonds. The van der Waals surface area contributed by atoms with Gasteiger partial charge in [0.25, 0.3) is 0 Å². The van der Waals surface area contributed by atoms with E-state index in [1.165, 1.54) is 0 Å². The van der Waals surface area contributed by atoms with Crippen molar-refractivity contribution in [3.05, 3.63) is 23.8 Å². The number of hydrogen-bond donors (Lipinski definition) is 2. The van der Waals surface area contributed by atoms with E-state index in [0.717, 1.165) is 36.5 Å². The van der Waals surface area contributed by atoms with E-state index in [4.69, 9.17) is 20.1 Å². The molecule has 0 bridgehead atoms. The van der Waals surface area contributed by atoms with Gasteiger partial charge in [-0.25, -0.2) is 0 Å². The fraction of sp³-hybridized carbons (Fsp3) is 0.538. The van der Waals surface area contributed by atoms with Gasteiger partial charge in [-0.05, 0) is 25.0 Å². The minimum atomic E-state index is -0.0617. The van der Waals surface area contributed by atoms with Crippen LogP contribution in [-0.2, 0) is 4.74 Å². The fourth-order valence-corrected chi connectivity index (χ4v) is 2.34.